The van der Waals surface area contributed by atoms with E-state index in [1.807, 2.05) is 25.4 Å². The number of aromatic amines is 1. The van der Waals surface area contributed by atoms with Gasteiger partial charge in [-0.05, 0) is 38.6 Å². The van der Waals surface area contributed by atoms with E-state index in [0.29, 0.717) is 10.8 Å². The minimum Gasteiger partial charge on any atom is -0.495 e. The molecule has 0 saturated heterocycles. The van der Waals surface area contributed by atoms with E-state index in [9.17, 15) is 0 Å². The zero-order chi connectivity index (χ0) is 12.6. The van der Waals surface area contributed by atoms with Crippen molar-refractivity contribution in [1.82, 2.24) is 10.3 Å². The third kappa shape index (κ3) is 2.01. The molecule has 0 amide bonds. The van der Waals surface area contributed by atoms with Gasteiger partial charge in [0, 0.05) is 22.6 Å². The lowest BCUT2D eigenvalue weighted by atomic mass is 9.94. The third-order valence-electron chi connectivity index (χ3n) is 3.25. The number of hydrogen-bond donors (Lipinski definition) is 2. The first-order chi connectivity index (χ1) is 7.99. The molecular weight excluding hydrogens is 236 g/mol. The van der Waals surface area contributed by atoms with Crippen LogP contribution in [0.5, 0.6) is 5.75 Å². The normalized spacial score (nSPS) is 12.1. The number of rotatable bonds is 3. The summed E-state index contributed by atoms with van der Waals surface area (Å²) in [6.07, 6.45) is 2.01. The van der Waals surface area contributed by atoms with Crippen molar-refractivity contribution < 1.29 is 4.74 Å². The van der Waals surface area contributed by atoms with Gasteiger partial charge in [0.1, 0.15) is 5.75 Å². The lowest BCUT2D eigenvalue weighted by Gasteiger charge is -2.23. The molecule has 0 aliphatic carbocycles. The van der Waals surface area contributed by atoms with Crippen molar-refractivity contribution in [1.29, 1.82) is 0 Å². The zero-order valence-corrected chi connectivity index (χ0v) is 11.3. The maximum Gasteiger partial charge on any atom is 0.138 e. The second-order valence-electron chi connectivity index (χ2n) is 4.61. The van der Waals surface area contributed by atoms with Crippen LogP contribution in [0.25, 0.3) is 10.9 Å². The summed E-state index contributed by atoms with van der Waals surface area (Å²) >= 11 is 6.10. The Morgan fingerprint density at radius 3 is 2.65 bits per heavy atom. The van der Waals surface area contributed by atoms with Crippen LogP contribution in [0.4, 0.5) is 0 Å². The predicted octanol–water partition coefficient (Wildman–Crippen LogP) is 3.28. The molecule has 1 aromatic heterocycles. The van der Waals surface area contributed by atoms with E-state index >= 15 is 0 Å². The highest BCUT2D eigenvalue weighted by atomic mass is 35.5. The second kappa shape index (κ2) is 4.24. The van der Waals surface area contributed by atoms with E-state index in [1.165, 1.54) is 5.56 Å². The van der Waals surface area contributed by atoms with Gasteiger partial charge in [0.05, 0.1) is 12.1 Å². The maximum atomic E-state index is 6.10. The molecule has 1 aromatic carbocycles. The monoisotopic (exact) mass is 252 g/mol. The van der Waals surface area contributed by atoms with Gasteiger partial charge in [-0.15, -0.1) is 0 Å². The number of H-pyrrole nitrogens is 1. The van der Waals surface area contributed by atoms with E-state index in [0.717, 1.165) is 10.9 Å². The standard InChI is InChI=1S/C13H17ClN2O/c1-13(2,15-3)9-7-16-11-6-10(14)12(17-4)5-8(9)11/h5-7,15-16H,1-4H3. The van der Waals surface area contributed by atoms with Gasteiger partial charge in [-0.3, -0.25) is 0 Å². The Bertz CT molecular complexity index is 546. The summed E-state index contributed by atoms with van der Waals surface area (Å²) < 4.78 is 5.26. The average molecular weight is 253 g/mol. The molecule has 92 valence electrons. The number of aromatic nitrogens is 1. The first-order valence-corrected chi connectivity index (χ1v) is 5.91. The Labute approximate surface area is 106 Å². The van der Waals surface area contributed by atoms with Crippen LogP contribution in [-0.2, 0) is 5.54 Å². The van der Waals surface area contributed by atoms with E-state index < -0.39 is 0 Å². The molecule has 0 aliphatic heterocycles. The van der Waals surface area contributed by atoms with Gasteiger partial charge in [0.25, 0.3) is 0 Å². The fraction of sp³-hybridized carbons (Fsp3) is 0.385. The summed E-state index contributed by atoms with van der Waals surface area (Å²) in [5, 5.41) is 5.05. The van der Waals surface area contributed by atoms with Crippen LogP contribution in [0.2, 0.25) is 5.02 Å². The van der Waals surface area contributed by atoms with Crippen molar-refractivity contribution in [3.63, 3.8) is 0 Å². The maximum absolute atomic E-state index is 6.10. The molecule has 2 N–H and O–H groups in total. The van der Waals surface area contributed by atoms with Crippen molar-refractivity contribution >= 4 is 22.5 Å². The van der Waals surface area contributed by atoms with Gasteiger partial charge in [-0.1, -0.05) is 11.6 Å². The van der Waals surface area contributed by atoms with Crippen LogP contribution in [0.1, 0.15) is 19.4 Å². The van der Waals surface area contributed by atoms with E-state index in [2.05, 4.69) is 24.1 Å². The van der Waals surface area contributed by atoms with Crippen molar-refractivity contribution in [3.8, 4) is 5.75 Å². The van der Waals surface area contributed by atoms with Gasteiger partial charge in [0.2, 0.25) is 0 Å². The molecule has 0 aliphatic rings. The molecule has 2 rings (SSSR count). The molecule has 0 spiro atoms. The number of benzene rings is 1. The molecule has 0 unspecified atom stereocenters. The Hall–Kier alpha value is -1.19. The Morgan fingerprint density at radius 2 is 2.06 bits per heavy atom. The highest BCUT2D eigenvalue weighted by Crippen LogP contribution is 2.34. The largest absolute Gasteiger partial charge is 0.495 e. The van der Waals surface area contributed by atoms with Gasteiger partial charge >= 0.3 is 0 Å². The quantitative estimate of drug-likeness (QED) is 0.880. The zero-order valence-electron chi connectivity index (χ0n) is 10.5. The van der Waals surface area contributed by atoms with Gasteiger partial charge in [-0.25, -0.2) is 0 Å². The molecule has 0 bridgehead atoms. The number of ether oxygens (including phenoxy) is 1. The highest BCUT2D eigenvalue weighted by Gasteiger charge is 2.22. The summed E-state index contributed by atoms with van der Waals surface area (Å²) in [5.74, 6) is 0.701. The molecule has 0 fully saturated rings. The van der Waals surface area contributed by atoms with E-state index in [4.69, 9.17) is 16.3 Å². The minimum atomic E-state index is -0.100. The molecule has 17 heavy (non-hydrogen) atoms. The topological polar surface area (TPSA) is 37.0 Å². The number of fused-ring (bicyclic) bond motifs is 1. The van der Waals surface area contributed by atoms with Crippen LogP contribution >= 0.6 is 11.6 Å². The molecule has 0 saturated carbocycles. The van der Waals surface area contributed by atoms with Crippen molar-refractivity contribution in [3.05, 3.63) is 28.9 Å². The van der Waals surface area contributed by atoms with E-state index in [-0.39, 0.29) is 5.54 Å². The molecule has 0 atom stereocenters. The fourth-order valence-corrected chi connectivity index (χ4v) is 2.17. The molecule has 3 nitrogen and oxygen atoms in total. The Morgan fingerprint density at radius 1 is 1.35 bits per heavy atom. The predicted molar refractivity (Wildman–Crippen MR) is 71.9 cm³/mol. The Balaban J connectivity index is 2.68. The molecule has 2 aromatic rings. The summed E-state index contributed by atoms with van der Waals surface area (Å²) in [5.41, 5.74) is 2.12. The van der Waals surface area contributed by atoms with E-state index in [1.54, 1.807) is 7.11 Å². The van der Waals surface area contributed by atoms with Gasteiger partial charge in [0.15, 0.2) is 0 Å². The van der Waals surface area contributed by atoms with Crippen LogP contribution < -0.4 is 10.1 Å². The van der Waals surface area contributed by atoms with Crippen LogP contribution in [0.15, 0.2) is 18.3 Å². The van der Waals surface area contributed by atoms with Crippen molar-refractivity contribution in [2.45, 2.75) is 19.4 Å². The van der Waals surface area contributed by atoms with Crippen LogP contribution in [0, 0.1) is 0 Å². The number of hydrogen-bond acceptors (Lipinski definition) is 2. The highest BCUT2D eigenvalue weighted by molar-refractivity contribution is 6.32. The second-order valence-corrected chi connectivity index (χ2v) is 5.02. The summed E-state index contributed by atoms with van der Waals surface area (Å²) in [7, 11) is 3.58. The molecule has 1 heterocycles. The lowest BCUT2D eigenvalue weighted by Crippen LogP contribution is -2.32. The summed E-state index contributed by atoms with van der Waals surface area (Å²) in [6.45, 7) is 4.27. The van der Waals surface area contributed by atoms with Gasteiger partial charge < -0.3 is 15.0 Å². The minimum absolute atomic E-state index is 0.100. The molecular formula is C13H17ClN2O. The SMILES string of the molecule is CNC(C)(C)c1c[nH]c2cc(Cl)c(OC)cc12. The number of nitrogens with one attached hydrogen (secondary N) is 2. The number of halogens is 1. The van der Waals surface area contributed by atoms with Crippen LogP contribution in [-0.4, -0.2) is 19.1 Å². The molecule has 0 radical (unpaired) electrons. The first-order valence-electron chi connectivity index (χ1n) is 5.53. The average Bonchev–Trinajstić information content (AvgIpc) is 2.71. The van der Waals surface area contributed by atoms with Crippen molar-refractivity contribution in [2.24, 2.45) is 0 Å². The fourth-order valence-electron chi connectivity index (χ4n) is 1.93. The first kappa shape index (κ1) is 12.3. The smallest absolute Gasteiger partial charge is 0.138 e. The summed E-state index contributed by atoms with van der Waals surface area (Å²) in [6, 6.07) is 3.87. The summed E-state index contributed by atoms with van der Waals surface area (Å²) in [4.78, 5) is 3.24. The third-order valence-corrected chi connectivity index (χ3v) is 3.55. The van der Waals surface area contributed by atoms with Gasteiger partial charge in [-0.2, -0.15) is 0 Å². The van der Waals surface area contributed by atoms with Crippen LogP contribution in [0.3, 0.4) is 0 Å². The van der Waals surface area contributed by atoms with Crippen molar-refractivity contribution in [2.75, 3.05) is 14.2 Å². The number of methoxy groups -OCH3 is 1. The lowest BCUT2D eigenvalue weighted by molar-refractivity contribution is 0.415. The molecule has 4 heteroatoms. The Kier molecular flexibility index (Phi) is 3.06.